The molecule has 1 fully saturated rings. The highest BCUT2D eigenvalue weighted by Crippen LogP contribution is 2.39. The summed E-state index contributed by atoms with van der Waals surface area (Å²) in [7, 11) is -3.21. The minimum atomic E-state index is -4.41. The van der Waals surface area contributed by atoms with Gasteiger partial charge in [0.2, 0.25) is 0 Å². The first kappa shape index (κ1) is 20.1. The Morgan fingerprint density at radius 3 is 2.52 bits per heavy atom. The van der Waals surface area contributed by atoms with Crippen molar-refractivity contribution in [2.24, 2.45) is 4.99 Å². The highest BCUT2D eigenvalue weighted by molar-refractivity contribution is 7.91. The predicted molar refractivity (Wildman–Crippen MR) is 103 cm³/mol. The molecule has 0 unspecified atom stereocenters. The summed E-state index contributed by atoms with van der Waals surface area (Å²) in [6.45, 7) is 1.01. The van der Waals surface area contributed by atoms with Gasteiger partial charge in [-0.2, -0.15) is 13.2 Å². The van der Waals surface area contributed by atoms with E-state index < -0.39 is 21.6 Å². The predicted octanol–water partition coefficient (Wildman–Crippen LogP) is 2.98. The van der Waals surface area contributed by atoms with Gasteiger partial charge in [0, 0.05) is 13.1 Å². The number of carbonyl (C=O) groups is 1. The molecule has 1 aromatic carbocycles. The monoisotopic (exact) mass is 426 g/mol. The number of benzene rings is 1. The lowest BCUT2D eigenvalue weighted by molar-refractivity contribution is -0.138. The normalized spacial score (nSPS) is 22.4. The van der Waals surface area contributed by atoms with Crippen LogP contribution in [0, 0.1) is 0 Å². The molecule has 0 atom stereocenters. The zero-order valence-corrected chi connectivity index (χ0v) is 16.5. The van der Waals surface area contributed by atoms with Gasteiger partial charge in [-0.15, -0.1) is 0 Å². The summed E-state index contributed by atoms with van der Waals surface area (Å²) in [5.41, 5.74) is 1.32. The molecule has 4 rings (SSSR count). The lowest BCUT2D eigenvalue weighted by atomic mass is 9.86. The van der Waals surface area contributed by atoms with Gasteiger partial charge >= 0.3 is 6.18 Å². The lowest BCUT2D eigenvalue weighted by Crippen LogP contribution is -2.43. The van der Waals surface area contributed by atoms with Crippen LogP contribution in [0.15, 0.2) is 40.4 Å². The number of rotatable bonds is 2. The van der Waals surface area contributed by atoms with E-state index in [1.807, 2.05) is 0 Å². The number of likely N-dealkylation sites (tertiary alicyclic amines) is 1. The van der Waals surface area contributed by atoms with Crippen molar-refractivity contribution in [2.75, 3.05) is 31.1 Å². The summed E-state index contributed by atoms with van der Waals surface area (Å²) >= 11 is 0. The van der Waals surface area contributed by atoms with Crippen LogP contribution in [0.2, 0.25) is 0 Å². The summed E-state index contributed by atoms with van der Waals surface area (Å²) in [6, 6.07) is 5.59. The van der Waals surface area contributed by atoms with Crippen LogP contribution in [0.3, 0.4) is 0 Å². The molecule has 0 saturated carbocycles. The molecule has 0 radical (unpaired) electrons. The molecule has 1 amide bonds. The smallest absolute Gasteiger partial charge is 0.337 e. The Balaban J connectivity index is 1.46. The average molecular weight is 426 g/mol. The quantitative estimate of drug-likeness (QED) is 0.730. The number of halogens is 3. The third-order valence-corrected chi connectivity index (χ3v) is 7.47. The maximum absolute atomic E-state index is 13.3. The second-order valence-corrected chi connectivity index (χ2v) is 9.92. The Kier molecular flexibility index (Phi) is 5.04. The van der Waals surface area contributed by atoms with E-state index >= 15 is 0 Å². The van der Waals surface area contributed by atoms with Crippen LogP contribution < -0.4 is 0 Å². The first-order valence-corrected chi connectivity index (χ1v) is 11.4. The van der Waals surface area contributed by atoms with E-state index in [9.17, 15) is 26.4 Å². The number of aliphatic imine (C=N–C) groups is 1. The lowest BCUT2D eigenvalue weighted by Gasteiger charge is -2.33. The third-order valence-electron chi connectivity index (χ3n) is 5.91. The van der Waals surface area contributed by atoms with E-state index in [2.05, 4.69) is 4.99 Å². The van der Waals surface area contributed by atoms with Gasteiger partial charge in [-0.25, -0.2) is 8.42 Å². The van der Waals surface area contributed by atoms with Gasteiger partial charge in [0.25, 0.3) is 5.91 Å². The van der Waals surface area contributed by atoms with Gasteiger partial charge < -0.3 is 4.90 Å². The second kappa shape index (κ2) is 7.27. The molecule has 3 aliphatic rings. The van der Waals surface area contributed by atoms with Crippen molar-refractivity contribution in [3.8, 4) is 0 Å². The SMILES string of the molecule is O=C(C1=NCC2=C1CS(=O)(=O)CC2)N1CCC(c2ccccc2C(F)(F)F)CC1. The molecule has 29 heavy (non-hydrogen) atoms. The highest BCUT2D eigenvalue weighted by Gasteiger charge is 2.38. The maximum atomic E-state index is 13.3. The molecule has 0 aliphatic carbocycles. The second-order valence-electron chi connectivity index (χ2n) is 7.74. The molecule has 3 aliphatic heterocycles. The number of hydrogen-bond donors (Lipinski definition) is 0. The Hall–Kier alpha value is -2.16. The van der Waals surface area contributed by atoms with Gasteiger partial charge in [0.05, 0.1) is 23.6 Å². The molecule has 9 heteroatoms. The zero-order chi connectivity index (χ0) is 20.8. The van der Waals surface area contributed by atoms with E-state index in [4.69, 9.17) is 0 Å². The molecule has 156 valence electrons. The fraction of sp³-hybridized carbons (Fsp3) is 0.500. The third kappa shape index (κ3) is 3.97. The van der Waals surface area contributed by atoms with Crippen molar-refractivity contribution in [1.29, 1.82) is 0 Å². The molecular formula is C20H21F3N2O3S. The minimum absolute atomic E-state index is 0.0901. The van der Waals surface area contributed by atoms with Crippen LogP contribution in [-0.2, 0) is 20.8 Å². The van der Waals surface area contributed by atoms with Gasteiger partial charge in [-0.05, 0) is 48.0 Å². The van der Waals surface area contributed by atoms with Gasteiger partial charge in [0.15, 0.2) is 9.84 Å². The summed E-state index contributed by atoms with van der Waals surface area (Å²) in [4.78, 5) is 18.8. The van der Waals surface area contributed by atoms with E-state index in [-0.39, 0.29) is 34.6 Å². The van der Waals surface area contributed by atoms with E-state index in [1.165, 1.54) is 12.1 Å². The molecule has 0 spiro atoms. The fourth-order valence-corrected chi connectivity index (χ4v) is 5.84. The van der Waals surface area contributed by atoms with Crippen LogP contribution in [0.5, 0.6) is 0 Å². The van der Waals surface area contributed by atoms with Gasteiger partial charge in [0.1, 0.15) is 5.71 Å². The Bertz CT molecular complexity index is 1000. The number of amides is 1. The summed E-state index contributed by atoms with van der Waals surface area (Å²) < 4.78 is 63.8. The average Bonchev–Trinajstić information content (AvgIpc) is 3.08. The number of carbonyl (C=O) groups excluding carboxylic acids is 1. The highest BCUT2D eigenvalue weighted by atomic mass is 32.2. The molecule has 1 aromatic rings. The summed E-state index contributed by atoms with van der Waals surface area (Å²) in [5, 5.41) is 0. The molecule has 0 N–H and O–H groups in total. The number of piperidine rings is 1. The molecule has 3 heterocycles. The first-order valence-electron chi connectivity index (χ1n) is 9.57. The molecular weight excluding hydrogens is 405 g/mol. The minimum Gasteiger partial charge on any atom is -0.337 e. The maximum Gasteiger partial charge on any atom is 0.416 e. The summed E-state index contributed by atoms with van der Waals surface area (Å²) in [6.07, 6.45) is -3.14. The fourth-order valence-electron chi connectivity index (χ4n) is 4.36. The van der Waals surface area contributed by atoms with Crippen LogP contribution in [0.25, 0.3) is 0 Å². The van der Waals surface area contributed by atoms with Crippen LogP contribution >= 0.6 is 0 Å². The van der Waals surface area contributed by atoms with Crippen molar-refractivity contribution in [2.45, 2.75) is 31.4 Å². The number of nitrogens with zero attached hydrogens (tertiary/aromatic N) is 2. The molecule has 1 saturated heterocycles. The molecule has 5 nitrogen and oxygen atoms in total. The van der Waals surface area contributed by atoms with Crippen molar-refractivity contribution >= 4 is 21.5 Å². The van der Waals surface area contributed by atoms with Crippen molar-refractivity contribution in [3.05, 3.63) is 46.5 Å². The van der Waals surface area contributed by atoms with Crippen molar-refractivity contribution in [1.82, 2.24) is 4.90 Å². The largest absolute Gasteiger partial charge is 0.416 e. The van der Waals surface area contributed by atoms with Crippen molar-refractivity contribution in [3.63, 3.8) is 0 Å². The standard InChI is InChI=1S/C20H21F3N2O3S/c21-20(22,23)17-4-2-1-3-15(17)13-5-8-25(9-6-13)19(26)18-16-12-29(27,28)10-7-14(16)11-24-18/h1-4,13H,5-12H2. The Morgan fingerprint density at radius 2 is 1.83 bits per heavy atom. The van der Waals surface area contributed by atoms with E-state index in [0.717, 1.165) is 11.6 Å². The Morgan fingerprint density at radius 1 is 1.14 bits per heavy atom. The number of alkyl halides is 3. The van der Waals surface area contributed by atoms with E-state index in [1.54, 1.807) is 11.0 Å². The molecule has 0 bridgehead atoms. The van der Waals surface area contributed by atoms with Gasteiger partial charge in [-0.3, -0.25) is 9.79 Å². The van der Waals surface area contributed by atoms with Gasteiger partial charge in [-0.1, -0.05) is 18.2 Å². The van der Waals surface area contributed by atoms with Crippen LogP contribution in [0.4, 0.5) is 13.2 Å². The van der Waals surface area contributed by atoms with Crippen molar-refractivity contribution < 1.29 is 26.4 Å². The first-order chi connectivity index (χ1) is 13.7. The van der Waals surface area contributed by atoms with Crippen LogP contribution in [0.1, 0.15) is 36.3 Å². The van der Waals surface area contributed by atoms with Crippen LogP contribution in [-0.4, -0.2) is 56.1 Å². The zero-order valence-electron chi connectivity index (χ0n) is 15.7. The Labute approximate surface area is 167 Å². The topological polar surface area (TPSA) is 66.8 Å². The molecule has 0 aromatic heterocycles. The van der Waals surface area contributed by atoms with E-state index in [0.29, 0.717) is 44.5 Å². The number of sulfone groups is 1. The number of hydrogen-bond acceptors (Lipinski definition) is 4. The summed E-state index contributed by atoms with van der Waals surface area (Å²) in [5.74, 6) is -0.642.